The summed E-state index contributed by atoms with van der Waals surface area (Å²) in [6.45, 7) is 2.73. The number of carboxylic acids is 1. The van der Waals surface area contributed by atoms with Gasteiger partial charge in [0.15, 0.2) is 5.65 Å². The molecule has 2 aromatic rings. The Morgan fingerprint density at radius 3 is 2.79 bits per heavy atom. The monoisotopic (exact) mass is 332 g/mol. The number of nitrogens with one attached hydrogen (secondary N) is 1. The number of nitrogens with zero attached hydrogens (tertiary/aromatic N) is 3. The number of pyridine rings is 1. The molecule has 1 fully saturated rings. The number of fused-ring (bicyclic) bond motifs is 1. The molecule has 1 aliphatic rings. The van der Waals surface area contributed by atoms with Crippen molar-refractivity contribution in [3.8, 4) is 0 Å². The van der Waals surface area contributed by atoms with Gasteiger partial charge in [-0.3, -0.25) is 14.3 Å². The number of hydrogen-bond acceptors (Lipinski definition) is 5. The zero-order valence-corrected chi connectivity index (χ0v) is 13.7. The Morgan fingerprint density at radius 2 is 2.12 bits per heavy atom. The predicted molar refractivity (Wildman–Crippen MR) is 85.7 cm³/mol. The minimum atomic E-state index is -0.936. The molecule has 3 heterocycles. The van der Waals surface area contributed by atoms with Crippen molar-refractivity contribution in [3.05, 3.63) is 23.5 Å². The maximum absolute atomic E-state index is 12.6. The second kappa shape index (κ2) is 6.20. The summed E-state index contributed by atoms with van der Waals surface area (Å²) in [7, 11) is 1.80. The third-order valence-electron chi connectivity index (χ3n) is 4.44. The molecular formula is C16H20N4O4. The van der Waals surface area contributed by atoms with Gasteiger partial charge in [0.1, 0.15) is 0 Å². The first-order valence-corrected chi connectivity index (χ1v) is 7.82. The van der Waals surface area contributed by atoms with Crippen LogP contribution >= 0.6 is 0 Å². The number of carboxylic acid groups (broad SMARTS) is 1. The van der Waals surface area contributed by atoms with E-state index in [9.17, 15) is 14.7 Å². The molecule has 0 aliphatic carbocycles. The van der Waals surface area contributed by atoms with Crippen molar-refractivity contribution in [2.75, 3.05) is 13.2 Å². The Kier molecular flexibility index (Phi) is 4.23. The van der Waals surface area contributed by atoms with E-state index in [0.29, 0.717) is 37.3 Å². The van der Waals surface area contributed by atoms with Gasteiger partial charge in [-0.25, -0.2) is 4.98 Å². The van der Waals surface area contributed by atoms with Gasteiger partial charge in [-0.1, -0.05) is 0 Å². The van der Waals surface area contributed by atoms with Crippen LogP contribution in [0.2, 0.25) is 0 Å². The largest absolute Gasteiger partial charge is 0.481 e. The summed E-state index contributed by atoms with van der Waals surface area (Å²) in [4.78, 5) is 28.1. The molecule has 0 spiro atoms. The number of amides is 1. The topological polar surface area (TPSA) is 106 Å². The fraction of sp³-hybridized carbons (Fsp3) is 0.500. The van der Waals surface area contributed by atoms with Gasteiger partial charge >= 0.3 is 5.97 Å². The van der Waals surface area contributed by atoms with Crippen molar-refractivity contribution >= 4 is 22.9 Å². The van der Waals surface area contributed by atoms with E-state index in [2.05, 4.69) is 15.4 Å². The van der Waals surface area contributed by atoms with Crippen LogP contribution in [0.5, 0.6) is 0 Å². The number of aliphatic carboxylic acids is 1. The molecular weight excluding hydrogens is 312 g/mol. The fourth-order valence-electron chi connectivity index (χ4n) is 3.14. The third-order valence-corrected chi connectivity index (χ3v) is 4.44. The molecule has 1 aliphatic heterocycles. The molecule has 24 heavy (non-hydrogen) atoms. The highest BCUT2D eigenvalue weighted by Gasteiger charge is 2.36. The van der Waals surface area contributed by atoms with Gasteiger partial charge in [0.05, 0.1) is 23.2 Å². The molecule has 2 N–H and O–H groups in total. The number of aromatic nitrogens is 3. The minimum absolute atomic E-state index is 0.121. The first-order valence-electron chi connectivity index (χ1n) is 7.82. The second-order valence-electron chi connectivity index (χ2n) is 6.22. The summed E-state index contributed by atoms with van der Waals surface area (Å²) in [5, 5.41) is 17.2. The molecule has 1 saturated heterocycles. The number of hydrogen-bond donors (Lipinski definition) is 2. The summed E-state index contributed by atoms with van der Waals surface area (Å²) >= 11 is 0. The molecule has 0 bridgehead atoms. The van der Waals surface area contributed by atoms with Crippen LogP contribution in [0.15, 0.2) is 12.3 Å². The first-order chi connectivity index (χ1) is 11.4. The zero-order chi connectivity index (χ0) is 17.3. The van der Waals surface area contributed by atoms with E-state index in [1.54, 1.807) is 17.8 Å². The average molecular weight is 332 g/mol. The highest BCUT2D eigenvalue weighted by Crippen LogP contribution is 2.25. The van der Waals surface area contributed by atoms with Crippen LogP contribution in [0.3, 0.4) is 0 Å². The quantitative estimate of drug-likeness (QED) is 0.866. The lowest BCUT2D eigenvalue weighted by molar-refractivity contribution is -0.139. The Balaban J connectivity index is 1.87. The molecule has 0 saturated carbocycles. The van der Waals surface area contributed by atoms with E-state index >= 15 is 0 Å². The number of ether oxygens (including phenoxy) is 1. The summed E-state index contributed by atoms with van der Waals surface area (Å²) in [5.41, 5.74) is 1.12. The van der Waals surface area contributed by atoms with Gasteiger partial charge in [0.2, 0.25) is 0 Å². The molecule has 0 radical (unpaired) electrons. The lowest BCUT2D eigenvalue weighted by Crippen LogP contribution is -2.53. The fourth-order valence-corrected chi connectivity index (χ4v) is 3.14. The molecule has 0 atom stereocenters. The van der Waals surface area contributed by atoms with E-state index in [1.807, 2.05) is 6.92 Å². The van der Waals surface area contributed by atoms with Crippen molar-refractivity contribution in [1.29, 1.82) is 0 Å². The lowest BCUT2D eigenvalue weighted by atomic mass is 9.86. The van der Waals surface area contributed by atoms with Gasteiger partial charge < -0.3 is 15.2 Å². The van der Waals surface area contributed by atoms with Gasteiger partial charge in [0.25, 0.3) is 5.91 Å². The maximum atomic E-state index is 12.6. The highest BCUT2D eigenvalue weighted by atomic mass is 16.5. The van der Waals surface area contributed by atoms with Gasteiger partial charge in [-0.05, 0) is 25.8 Å². The normalized spacial score (nSPS) is 16.9. The standard InChI is InChI=1S/C16H20N4O4/c1-10-12-7-11(9-17-14(12)20(2)19-10)15(23)18-16(8-13(21)22)3-5-24-6-4-16/h7,9H,3-6,8H2,1-2H3,(H,18,23)(H,21,22). The van der Waals surface area contributed by atoms with E-state index in [1.165, 1.54) is 6.20 Å². The first kappa shape index (κ1) is 16.4. The van der Waals surface area contributed by atoms with Crippen LogP contribution in [0.4, 0.5) is 0 Å². The van der Waals surface area contributed by atoms with Gasteiger partial charge in [-0.2, -0.15) is 5.10 Å². The SMILES string of the molecule is Cc1nn(C)c2ncc(C(=O)NC3(CC(=O)O)CCOCC3)cc12. The van der Waals surface area contributed by atoms with E-state index in [0.717, 1.165) is 11.1 Å². The summed E-state index contributed by atoms with van der Waals surface area (Å²) in [6.07, 6.45) is 2.33. The number of carbonyl (C=O) groups excluding carboxylic acids is 1. The smallest absolute Gasteiger partial charge is 0.305 e. The Morgan fingerprint density at radius 1 is 1.42 bits per heavy atom. The third kappa shape index (κ3) is 3.09. The summed E-state index contributed by atoms with van der Waals surface area (Å²) in [6, 6.07) is 1.74. The molecule has 1 amide bonds. The second-order valence-corrected chi connectivity index (χ2v) is 6.22. The number of carbonyl (C=O) groups is 2. The molecule has 3 rings (SSSR count). The van der Waals surface area contributed by atoms with Crippen LogP contribution in [0.25, 0.3) is 11.0 Å². The van der Waals surface area contributed by atoms with Crippen LogP contribution < -0.4 is 5.32 Å². The molecule has 0 aromatic carbocycles. The number of rotatable bonds is 4. The van der Waals surface area contributed by atoms with Crippen molar-refractivity contribution in [1.82, 2.24) is 20.1 Å². The molecule has 8 heteroatoms. The van der Waals surface area contributed by atoms with E-state index < -0.39 is 11.5 Å². The maximum Gasteiger partial charge on any atom is 0.305 e. The average Bonchev–Trinajstić information content (AvgIpc) is 2.81. The van der Waals surface area contributed by atoms with Crippen LogP contribution in [-0.2, 0) is 16.6 Å². The molecule has 128 valence electrons. The number of aryl methyl sites for hydroxylation is 2. The van der Waals surface area contributed by atoms with Crippen molar-refractivity contribution in [2.24, 2.45) is 7.05 Å². The van der Waals surface area contributed by atoms with Gasteiger partial charge in [-0.15, -0.1) is 0 Å². The van der Waals surface area contributed by atoms with Crippen LogP contribution in [0, 0.1) is 6.92 Å². The molecule has 8 nitrogen and oxygen atoms in total. The highest BCUT2D eigenvalue weighted by molar-refractivity contribution is 5.98. The van der Waals surface area contributed by atoms with E-state index in [-0.39, 0.29) is 12.3 Å². The van der Waals surface area contributed by atoms with Gasteiger partial charge in [0, 0.05) is 31.8 Å². The molecule has 0 unspecified atom stereocenters. The summed E-state index contributed by atoms with van der Waals surface area (Å²) in [5.74, 6) is -1.26. The zero-order valence-electron chi connectivity index (χ0n) is 13.7. The van der Waals surface area contributed by atoms with Crippen LogP contribution in [-0.4, -0.2) is 50.5 Å². The van der Waals surface area contributed by atoms with Crippen molar-refractivity contribution < 1.29 is 19.4 Å². The minimum Gasteiger partial charge on any atom is -0.481 e. The van der Waals surface area contributed by atoms with Crippen molar-refractivity contribution in [3.63, 3.8) is 0 Å². The Bertz CT molecular complexity index is 793. The Hall–Kier alpha value is -2.48. The van der Waals surface area contributed by atoms with E-state index in [4.69, 9.17) is 4.74 Å². The lowest BCUT2D eigenvalue weighted by Gasteiger charge is -2.36. The summed E-state index contributed by atoms with van der Waals surface area (Å²) < 4.78 is 6.97. The molecule has 2 aromatic heterocycles. The van der Waals surface area contributed by atoms with Crippen LogP contribution in [0.1, 0.15) is 35.3 Å². The predicted octanol–water partition coefficient (Wildman–Crippen LogP) is 1.03. The van der Waals surface area contributed by atoms with Crippen molar-refractivity contribution in [2.45, 2.75) is 31.7 Å². The Labute approximate surface area is 138 Å².